The molecule has 2 N–H and O–H groups in total. The van der Waals surface area contributed by atoms with E-state index in [1.165, 1.54) is 45.2 Å². The Morgan fingerprint density at radius 1 is 1.38 bits per heavy atom. The summed E-state index contributed by atoms with van der Waals surface area (Å²) in [7, 11) is 0. The van der Waals surface area contributed by atoms with E-state index in [2.05, 4.69) is 18.7 Å². The predicted octanol–water partition coefficient (Wildman–Crippen LogP) is 1.99. The van der Waals surface area contributed by atoms with Crippen LogP contribution in [0.1, 0.15) is 46.0 Å². The van der Waals surface area contributed by atoms with Crippen LogP contribution in [0.25, 0.3) is 0 Å². The molecule has 0 bridgehead atoms. The molecule has 1 fully saturated rings. The Hall–Kier alpha value is -0.0800. The summed E-state index contributed by atoms with van der Waals surface area (Å²) >= 11 is 0. The topological polar surface area (TPSA) is 29.3 Å². The van der Waals surface area contributed by atoms with Gasteiger partial charge in [0.15, 0.2) is 0 Å². The van der Waals surface area contributed by atoms with Crippen LogP contribution >= 0.6 is 0 Å². The highest BCUT2D eigenvalue weighted by Crippen LogP contribution is 2.26. The summed E-state index contributed by atoms with van der Waals surface area (Å²) in [6.07, 6.45) is 6.66. The van der Waals surface area contributed by atoms with E-state index >= 15 is 0 Å². The van der Waals surface area contributed by atoms with Gasteiger partial charge in [0.2, 0.25) is 0 Å². The minimum absolute atomic E-state index is 0.385. The lowest BCUT2D eigenvalue weighted by atomic mass is 10.1. The predicted molar refractivity (Wildman–Crippen MR) is 57.8 cm³/mol. The number of hydrogen-bond acceptors (Lipinski definition) is 2. The summed E-state index contributed by atoms with van der Waals surface area (Å²) in [5.41, 5.74) is 5.70. The summed E-state index contributed by atoms with van der Waals surface area (Å²) in [5, 5.41) is 0. The van der Waals surface area contributed by atoms with Gasteiger partial charge in [-0.05, 0) is 45.7 Å². The van der Waals surface area contributed by atoms with Crippen molar-refractivity contribution in [2.75, 3.05) is 13.1 Å². The van der Waals surface area contributed by atoms with Gasteiger partial charge in [-0.2, -0.15) is 0 Å². The van der Waals surface area contributed by atoms with Crippen molar-refractivity contribution in [2.24, 2.45) is 5.73 Å². The Labute approximate surface area is 82.5 Å². The van der Waals surface area contributed by atoms with Gasteiger partial charge in [-0.25, -0.2) is 0 Å². The molecule has 1 unspecified atom stereocenters. The number of hydrogen-bond donors (Lipinski definition) is 1. The molecule has 78 valence electrons. The minimum atomic E-state index is 0.385. The van der Waals surface area contributed by atoms with E-state index in [1.807, 2.05) is 0 Å². The van der Waals surface area contributed by atoms with Crippen LogP contribution in [0.15, 0.2) is 0 Å². The largest absolute Gasteiger partial charge is 0.328 e. The van der Waals surface area contributed by atoms with Crippen molar-refractivity contribution in [1.82, 2.24) is 4.90 Å². The molecule has 0 aromatic rings. The molecule has 1 atom stereocenters. The molecule has 0 heterocycles. The zero-order chi connectivity index (χ0) is 9.68. The monoisotopic (exact) mass is 184 g/mol. The molecule has 1 aliphatic rings. The molecule has 1 aliphatic carbocycles. The zero-order valence-electron chi connectivity index (χ0n) is 9.13. The van der Waals surface area contributed by atoms with Crippen molar-refractivity contribution >= 4 is 0 Å². The van der Waals surface area contributed by atoms with Gasteiger partial charge < -0.3 is 10.6 Å². The highest BCUT2D eigenvalue weighted by molar-refractivity contribution is 4.83. The van der Waals surface area contributed by atoms with Gasteiger partial charge in [0.1, 0.15) is 0 Å². The van der Waals surface area contributed by atoms with Gasteiger partial charge in [-0.1, -0.05) is 13.3 Å². The Morgan fingerprint density at radius 2 is 2.08 bits per heavy atom. The Balaban J connectivity index is 1.96. The van der Waals surface area contributed by atoms with E-state index in [9.17, 15) is 0 Å². The second-order valence-electron chi connectivity index (χ2n) is 4.33. The molecule has 1 saturated carbocycles. The molecular formula is C11H24N2. The maximum absolute atomic E-state index is 5.70. The third kappa shape index (κ3) is 4.63. The standard InChI is InChI=1S/C11H24N2/c1-3-13(11-7-8-11)9-5-4-6-10(2)12/h10-11H,3-9,12H2,1-2H3. The smallest absolute Gasteiger partial charge is 0.00963 e. The van der Waals surface area contributed by atoms with Crippen molar-refractivity contribution in [1.29, 1.82) is 0 Å². The lowest BCUT2D eigenvalue weighted by molar-refractivity contribution is 0.270. The van der Waals surface area contributed by atoms with Crippen molar-refractivity contribution < 1.29 is 0 Å². The molecule has 0 saturated heterocycles. The third-order valence-corrected chi connectivity index (χ3v) is 2.82. The Bertz CT molecular complexity index is 130. The highest BCUT2D eigenvalue weighted by atomic mass is 15.2. The van der Waals surface area contributed by atoms with Crippen LogP contribution in [-0.4, -0.2) is 30.1 Å². The van der Waals surface area contributed by atoms with Gasteiger partial charge in [-0.15, -0.1) is 0 Å². The number of rotatable bonds is 7. The zero-order valence-corrected chi connectivity index (χ0v) is 9.13. The normalized spacial score (nSPS) is 19.4. The average molecular weight is 184 g/mol. The molecule has 0 radical (unpaired) electrons. The quantitative estimate of drug-likeness (QED) is 0.613. The molecule has 0 aromatic heterocycles. The van der Waals surface area contributed by atoms with E-state index in [0.29, 0.717) is 6.04 Å². The maximum atomic E-state index is 5.70. The first-order valence-corrected chi connectivity index (χ1v) is 5.73. The van der Waals surface area contributed by atoms with Gasteiger partial charge in [-0.3, -0.25) is 0 Å². The van der Waals surface area contributed by atoms with E-state index in [4.69, 9.17) is 5.73 Å². The van der Waals surface area contributed by atoms with Crippen LogP contribution in [0.5, 0.6) is 0 Å². The second kappa shape index (κ2) is 5.61. The molecule has 0 aromatic carbocycles. The maximum Gasteiger partial charge on any atom is 0.00963 e. The number of unbranched alkanes of at least 4 members (excludes halogenated alkanes) is 1. The van der Waals surface area contributed by atoms with Crippen LogP contribution < -0.4 is 5.73 Å². The van der Waals surface area contributed by atoms with Crippen LogP contribution in [0.4, 0.5) is 0 Å². The first-order chi connectivity index (χ1) is 6.24. The molecule has 0 aliphatic heterocycles. The highest BCUT2D eigenvalue weighted by Gasteiger charge is 2.26. The summed E-state index contributed by atoms with van der Waals surface area (Å²) < 4.78 is 0. The fourth-order valence-electron chi connectivity index (χ4n) is 1.82. The van der Waals surface area contributed by atoms with Gasteiger partial charge in [0.25, 0.3) is 0 Å². The molecule has 2 nitrogen and oxygen atoms in total. The Morgan fingerprint density at radius 3 is 2.54 bits per heavy atom. The fourth-order valence-corrected chi connectivity index (χ4v) is 1.82. The molecule has 13 heavy (non-hydrogen) atoms. The van der Waals surface area contributed by atoms with Crippen LogP contribution in [0, 0.1) is 0 Å². The van der Waals surface area contributed by atoms with Crippen LogP contribution in [0.2, 0.25) is 0 Å². The van der Waals surface area contributed by atoms with Gasteiger partial charge in [0.05, 0.1) is 0 Å². The molecular weight excluding hydrogens is 160 g/mol. The van der Waals surface area contributed by atoms with Crippen LogP contribution in [-0.2, 0) is 0 Å². The van der Waals surface area contributed by atoms with Crippen LogP contribution in [0.3, 0.4) is 0 Å². The average Bonchev–Trinajstić information content (AvgIpc) is 2.87. The Kier molecular flexibility index (Phi) is 4.74. The first-order valence-electron chi connectivity index (χ1n) is 5.73. The summed E-state index contributed by atoms with van der Waals surface area (Å²) in [6.45, 7) is 6.87. The fraction of sp³-hybridized carbons (Fsp3) is 1.00. The van der Waals surface area contributed by atoms with Crippen molar-refractivity contribution in [3.63, 3.8) is 0 Å². The van der Waals surface area contributed by atoms with E-state index < -0.39 is 0 Å². The van der Waals surface area contributed by atoms with E-state index in [0.717, 1.165) is 6.04 Å². The molecule has 0 amide bonds. The SMILES string of the molecule is CCN(CCCCC(C)N)C1CC1. The van der Waals surface area contributed by atoms with E-state index in [-0.39, 0.29) is 0 Å². The summed E-state index contributed by atoms with van der Waals surface area (Å²) in [5.74, 6) is 0. The minimum Gasteiger partial charge on any atom is -0.328 e. The van der Waals surface area contributed by atoms with E-state index in [1.54, 1.807) is 0 Å². The lowest BCUT2D eigenvalue weighted by Gasteiger charge is -2.19. The number of nitrogens with zero attached hydrogens (tertiary/aromatic N) is 1. The van der Waals surface area contributed by atoms with Crippen molar-refractivity contribution in [3.8, 4) is 0 Å². The summed E-state index contributed by atoms with van der Waals surface area (Å²) in [6, 6.07) is 1.32. The third-order valence-electron chi connectivity index (χ3n) is 2.82. The van der Waals surface area contributed by atoms with Gasteiger partial charge in [0, 0.05) is 12.1 Å². The van der Waals surface area contributed by atoms with Gasteiger partial charge >= 0.3 is 0 Å². The van der Waals surface area contributed by atoms with Crippen molar-refractivity contribution in [2.45, 2.75) is 58.0 Å². The molecule has 1 rings (SSSR count). The van der Waals surface area contributed by atoms with Crippen molar-refractivity contribution in [3.05, 3.63) is 0 Å². The molecule has 0 spiro atoms. The molecule has 2 heteroatoms. The summed E-state index contributed by atoms with van der Waals surface area (Å²) in [4.78, 5) is 2.61. The lowest BCUT2D eigenvalue weighted by Crippen LogP contribution is -2.27. The number of nitrogens with two attached hydrogens (primary N) is 1. The second-order valence-corrected chi connectivity index (χ2v) is 4.33. The first kappa shape index (κ1) is 11.0.